The molecule has 0 radical (unpaired) electrons. The maximum atomic E-state index is 11.8. The van der Waals surface area contributed by atoms with E-state index in [9.17, 15) is 18.0 Å². The Labute approximate surface area is 93.4 Å². The van der Waals surface area contributed by atoms with Crippen LogP contribution in [0, 0.1) is 0 Å². The summed E-state index contributed by atoms with van der Waals surface area (Å²) in [5, 5.41) is 8.40. The molecule has 0 saturated carbocycles. The van der Waals surface area contributed by atoms with Crippen LogP contribution in [0.4, 0.5) is 13.2 Å². The number of hydrogen-bond acceptors (Lipinski definition) is 2. The van der Waals surface area contributed by atoms with E-state index >= 15 is 0 Å². The number of halogens is 4. The van der Waals surface area contributed by atoms with Crippen molar-refractivity contribution >= 4 is 17.6 Å². The Balaban J connectivity index is 2.87. The second-order valence-corrected chi connectivity index (χ2v) is 3.28. The summed E-state index contributed by atoms with van der Waals surface area (Å²) in [5.74, 6) is -1.60. The van der Waals surface area contributed by atoms with E-state index in [2.05, 4.69) is 4.74 Å². The molecule has 0 aliphatic carbocycles. The van der Waals surface area contributed by atoms with Gasteiger partial charge in [0.05, 0.1) is 6.42 Å². The molecule has 0 aliphatic rings. The summed E-state index contributed by atoms with van der Waals surface area (Å²) in [4.78, 5) is 10.4. The van der Waals surface area contributed by atoms with Gasteiger partial charge < -0.3 is 9.84 Å². The molecule has 0 aromatic heterocycles. The number of carbonyl (C=O) groups is 1. The number of benzene rings is 1. The Morgan fingerprint density at radius 3 is 2.50 bits per heavy atom. The second kappa shape index (κ2) is 4.61. The molecule has 0 aliphatic heterocycles. The molecular formula is C9H6ClF3O3. The van der Waals surface area contributed by atoms with Crippen molar-refractivity contribution in [2.24, 2.45) is 0 Å². The molecule has 0 unspecified atom stereocenters. The van der Waals surface area contributed by atoms with E-state index in [1.165, 1.54) is 6.07 Å². The van der Waals surface area contributed by atoms with Gasteiger partial charge >= 0.3 is 12.3 Å². The number of aliphatic carboxylic acids is 1. The quantitative estimate of drug-likeness (QED) is 0.902. The van der Waals surface area contributed by atoms with Crippen LogP contribution in [0.25, 0.3) is 0 Å². The SMILES string of the molecule is O=C(O)Cc1ccc(OC(F)(F)F)cc1Cl. The van der Waals surface area contributed by atoms with Crippen LogP contribution in [0.2, 0.25) is 5.02 Å². The maximum Gasteiger partial charge on any atom is 0.573 e. The monoisotopic (exact) mass is 254 g/mol. The molecule has 3 nitrogen and oxygen atoms in total. The molecule has 7 heteroatoms. The molecule has 88 valence electrons. The average molecular weight is 255 g/mol. The molecule has 1 aromatic rings. The van der Waals surface area contributed by atoms with Gasteiger partial charge in [-0.1, -0.05) is 17.7 Å². The second-order valence-electron chi connectivity index (χ2n) is 2.87. The first-order valence-corrected chi connectivity index (χ1v) is 4.42. The highest BCUT2D eigenvalue weighted by molar-refractivity contribution is 6.31. The molecule has 16 heavy (non-hydrogen) atoms. The third kappa shape index (κ3) is 3.98. The average Bonchev–Trinajstić information content (AvgIpc) is 2.06. The molecule has 1 rings (SSSR count). The van der Waals surface area contributed by atoms with Crippen molar-refractivity contribution in [3.63, 3.8) is 0 Å². The zero-order valence-corrected chi connectivity index (χ0v) is 8.47. The lowest BCUT2D eigenvalue weighted by atomic mass is 10.1. The van der Waals surface area contributed by atoms with Crippen LogP contribution in [-0.4, -0.2) is 17.4 Å². The minimum absolute atomic E-state index is 0.0795. The normalized spacial score (nSPS) is 11.2. The number of ether oxygens (including phenoxy) is 1. The third-order valence-electron chi connectivity index (χ3n) is 1.60. The highest BCUT2D eigenvalue weighted by atomic mass is 35.5. The first-order valence-electron chi connectivity index (χ1n) is 4.04. The summed E-state index contributed by atoms with van der Waals surface area (Å²) >= 11 is 5.59. The van der Waals surface area contributed by atoms with Crippen LogP contribution >= 0.6 is 11.6 Å². The lowest BCUT2D eigenvalue weighted by molar-refractivity contribution is -0.274. The topological polar surface area (TPSA) is 46.5 Å². The fourth-order valence-electron chi connectivity index (χ4n) is 1.03. The Hall–Kier alpha value is -1.43. The van der Waals surface area contributed by atoms with Crippen molar-refractivity contribution in [1.82, 2.24) is 0 Å². The van der Waals surface area contributed by atoms with Crippen LogP contribution in [-0.2, 0) is 11.2 Å². The largest absolute Gasteiger partial charge is 0.573 e. The van der Waals surface area contributed by atoms with E-state index in [1.54, 1.807) is 0 Å². The number of alkyl halides is 3. The Morgan fingerprint density at radius 2 is 2.06 bits per heavy atom. The fourth-order valence-corrected chi connectivity index (χ4v) is 1.27. The lowest BCUT2D eigenvalue weighted by Crippen LogP contribution is -2.17. The summed E-state index contributed by atoms with van der Waals surface area (Å²) in [7, 11) is 0. The smallest absolute Gasteiger partial charge is 0.481 e. The van der Waals surface area contributed by atoms with Gasteiger partial charge in [-0.05, 0) is 17.7 Å². The number of carboxylic acid groups (broad SMARTS) is 1. The van der Waals surface area contributed by atoms with E-state index in [1.807, 2.05) is 0 Å². The van der Waals surface area contributed by atoms with E-state index < -0.39 is 18.1 Å². The van der Waals surface area contributed by atoms with Gasteiger partial charge in [-0.2, -0.15) is 0 Å². The minimum atomic E-state index is -4.79. The van der Waals surface area contributed by atoms with Gasteiger partial charge in [-0.25, -0.2) is 0 Å². The molecule has 0 spiro atoms. The Kier molecular flexibility index (Phi) is 3.64. The lowest BCUT2D eigenvalue weighted by Gasteiger charge is -2.10. The van der Waals surface area contributed by atoms with Crippen molar-refractivity contribution in [3.8, 4) is 5.75 Å². The minimum Gasteiger partial charge on any atom is -0.481 e. The Morgan fingerprint density at radius 1 is 1.44 bits per heavy atom. The van der Waals surface area contributed by atoms with Gasteiger partial charge in [0, 0.05) is 5.02 Å². The van der Waals surface area contributed by atoms with Gasteiger partial charge in [-0.15, -0.1) is 13.2 Å². The summed E-state index contributed by atoms with van der Waals surface area (Å²) < 4.78 is 39.1. The zero-order chi connectivity index (χ0) is 12.3. The van der Waals surface area contributed by atoms with Crippen molar-refractivity contribution in [2.45, 2.75) is 12.8 Å². The summed E-state index contributed by atoms with van der Waals surface area (Å²) in [6, 6.07) is 3.11. The van der Waals surface area contributed by atoms with Gasteiger partial charge in [-0.3, -0.25) is 4.79 Å². The van der Waals surface area contributed by atoms with Crippen LogP contribution in [0.3, 0.4) is 0 Å². The Bertz CT molecular complexity index is 403. The number of hydrogen-bond donors (Lipinski definition) is 1. The van der Waals surface area contributed by atoms with Crippen LogP contribution < -0.4 is 4.74 Å². The van der Waals surface area contributed by atoms with E-state index in [-0.39, 0.29) is 17.0 Å². The van der Waals surface area contributed by atoms with Crippen molar-refractivity contribution in [1.29, 1.82) is 0 Å². The summed E-state index contributed by atoms with van der Waals surface area (Å²) in [5.41, 5.74) is 0.226. The van der Waals surface area contributed by atoms with Crippen LogP contribution in [0.15, 0.2) is 18.2 Å². The van der Waals surface area contributed by atoms with Gasteiger partial charge in [0.15, 0.2) is 0 Å². The van der Waals surface area contributed by atoms with Crippen molar-refractivity contribution in [3.05, 3.63) is 28.8 Å². The van der Waals surface area contributed by atoms with Gasteiger partial charge in [0.2, 0.25) is 0 Å². The first kappa shape index (κ1) is 12.6. The van der Waals surface area contributed by atoms with E-state index in [4.69, 9.17) is 16.7 Å². The summed E-state index contributed by atoms with van der Waals surface area (Å²) in [6.07, 6.45) is -5.15. The van der Waals surface area contributed by atoms with E-state index in [0.29, 0.717) is 0 Å². The van der Waals surface area contributed by atoms with E-state index in [0.717, 1.165) is 12.1 Å². The molecule has 0 saturated heterocycles. The highest BCUT2D eigenvalue weighted by Gasteiger charge is 2.31. The molecule has 1 aromatic carbocycles. The third-order valence-corrected chi connectivity index (χ3v) is 1.95. The molecule has 0 heterocycles. The van der Waals surface area contributed by atoms with Crippen molar-refractivity contribution in [2.75, 3.05) is 0 Å². The fraction of sp³-hybridized carbons (Fsp3) is 0.222. The molecule has 0 atom stereocenters. The number of rotatable bonds is 3. The molecule has 1 N–H and O–H groups in total. The van der Waals surface area contributed by atoms with Crippen molar-refractivity contribution < 1.29 is 27.8 Å². The molecule has 0 fully saturated rings. The predicted molar refractivity (Wildman–Crippen MR) is 49.5 cm³/mol. The summed E-state index contributed by atoms with van der Waals surface area (Å²) in [6.45, 7) is 0. The van der Waals surface area contributed by atoms with Gasteiger partial charge in [0.25, 0.3) is 0 Å². The standard InChI is InChI=1S/C9H6ClF3O3/c10-7-4-6(16-9(11,12)13)2-1-5(7)3-8(14)15/h1-2,4H,3H2,(H,14,15). The maximum absolute atomic E-state index is 11.8. The zero-order valence-electron chi connectivity index (χ0n) is 7.71. The highest BCUT2D eigenvalue weighted by Crippen LogP contribution is 2.27. The molecule has 0 amide bonds. The van der Waals surface area contributed by atoms with Gasteiger partial charge in [0.1, 0.15) is 5.75 Å². The van der Waals surface area contributed by atoms with Crippen LogP contribution in [0.1, 0.15) is 5.56 Å². The predicted octanol–water partition coefficient (Wildman–Crippen LogP) is 2.87. The molecule has 0 bridgehead atoms. The number of carboxylic acids is 1. The molecular weight excluding hydrogens is 249 g/mol. The first-order chi connectivity index (χ1) is 7.28. The van der Waals surface area contributed by atoms with Crippen LogP contribution in [0.5, 0.6) is 5.75 Å².